The number of nitrogens with zero attached hydrogens (tertiary/aromatic N) is 4. The summed E-state index contributed by atoms with van der Waals surface area (Å²) in [5.41, 5.74) is 3.31. The van der Waals surface area contributed by atoms with Gasteiger partial charge < -0.3 is 10.6 Å². The van der Waals surface area contributed by atoms with Gasteiger partial charge in [0, 0.05) is 36.8 Å². The van der Waals surface area contributed by atoms with E-state index < -0.39 is 0 Å². The molecule has 8 heteroatoms. The van der Waals surface area contributed by atoms with Gasteiger partial charge in [-0.2, -0.15) is 10.4 Å². The molecule has 2 aromatic rings. The number of nitrogens with one attached hydrogen (secondary N) is 2. The van der Waals surface area contributed by atoms with E-state index in [0.717, 1.165) is 25.0 Å². The molecule has 29 heavy (non-hydrogen) atoms. The minimum absolute atomic E-state index is 0. The van der Waals surface area contributed by atoms with Gasteiger partial charge in [-0.05, 0) is 57.4 Å². The third-order valence-corrected chi connectivity index (χ3v) is 4.89. The van der Waals surface area contributed by atoms with E-state index in [1.165, 1.54) is 17.7 Å². The Morgan fingerprint density at radius 1 is 1.45 bits per heavy atom. The third kappa shape index (κ3) is 5.92. The Hall–Kier alpha value is -2.15. The van der Waals surface area contributed by atoms with E-state index in [-0.39, 0.29) is 42.4 Å². The molecular weight excluding hydrogens is 482 g/mol. The van der Waals surface area contributed by atoms with Crippen molar-refractivity contribution in [1.82, 2.24) is 20.4 Å². The summed E-state index contributed by atoms with van der Waals surface area (Å²) in [6, 6.07) is 6.97. The van der Waals surface area contributed by atoms with E-state index in [0.29, 0.717) is 29.7 Å². The summed E-state index contributed by atoms with van der Waals surface area (Å²) in [5.74, 6) is 0.307. The Morgan fingerprint density at radius 3 is 2.93 bits per heavy atom. The third-order valence-electron chi connectivity index (χ3n) is 4.89. The van der Waals surface area contributed by atoms with E-state index in [1.54, 1.807) is 6.07 Å². The average Bonchev–Trinajstić information content (AvgIpc) is 3.11. The van der Waals surface area contributed by atoms with Gasteiger partial charge in [-0.15, -0.1) is 24.0 Å². The van der Waals surface area contributed by atoms with Crippen molar-refractivity contribution in [3.05, 3.63) is 52.6 Å². The van der Waals surface area contributed by atoms with Crippen LogP contribution < -0.4 is 10.6 Å². The summed E-state index contributed by atoms with van der Waals surface area (Å²) < 4.78 is 16.0. The molecule has 156 valence electrons. The van der Waals surface area contributed by atoms with Crippen LogP contribution in [0, 0.1) is 17.1 Å². The molecule has 1 unspecified atom stereocenters. The number of hydrogen-bond donors (Lipinski definition) is 2. The topological polar surface area (TPSA) is 78.0 Å². The molecule has 1 aliphatic carbocycles. The minimum atomic E-state index is -0.347. The van der Waals surface area contributed by atoms with Gasteiger partial charge in [-0.1, -0.05) is 0 Å². The number of fused-ring (bicyclic) bond motifs is 1. The summed E-state index contributed by atoms with van der Waals surface area (Å²) in [5, 5.41) is 20.4. The van der Waals surface area contributed by atoms with Gasteiger partial charge in [-0.3, -0.25) is 4.68 Å². The maximum absolute atomic E-state index is 14.0. The van der Waals surface area contributed by atoms with Crippen molar-refractivity contribution >= 4 is 29.9 Å². The van der Waals surface area contributed by atoms with E-state index >= 15 is 0 Å². The molecule has 3 rings (SSSR count). The van der Waals surface area contributed by atoms with E-state index in [1.807, 2.05) is 17.7 Å². The van der Waals surface area contributed by atoms with Crippen LogP contribution in [0.3, 0.4) is 0 Å². The van der Waals surface area contributed by atoms with Gasteiger partial charge in [0.25, 0.3) is 0 Å². The molecule has 1 aromatic heterocycles. The summed E-state index contributed by atoms with van der Waals surface area (Å²) >= 11 is 0. The maximum atomic E-state index is 14.0. The van der Waals surface area contributed by atoms with Crippen molar-refractivity contribution in [2.45, 2.75) is 58.7 Å². The van der Waals surface area contributed by atoms with Crippen LogP contribution in [0.5, 0.6) is 0 Å². The van der Waals surface area contributed by atoms with Crippen molar-refractivity contribution in [3.63, 3.8) is 0 Å². The lowest BCUT2D eigenvalue weighted by atomic mass is 9.94. The standard InChI is InChI=1S/C21H27FN6.HI/c1-4-24-21(25-12-17-9-15(11-23)5-8-19(17)22)26-18-7-6-16-13-28(14(2)3)27-20(16)10-18;/h5,8-9,13-14,18H,4,6-7,10,12H2,1-3H3,(H2,24,25,26);1H. The predicted molar refractivity (Wildman–Crippen MR) is 123 cm³/mol. The summed E-state index contributed by atoms with van der Waals surface area (Å²) in [6.45, 7) is 7.15. The van der Waals surface area contributed by atoms with Crippen LogP contribution in [0.25, 0.3) is 0 Å². The van der Waals surface area contributed by atoms with Gasteiger partial charge >= 0.3 is 0 Å². The Kier molecular flexibility index (Phi) is 8.44. The van der Waals surface area contributed by atoms with Crippen LogP contribution in [0.4, 0.5) is 4.39 Å². The first kappa shape index (κ1) is 23.1. The first-order valence-corrected chi connectivity index (χ1v) is 9.80. The SMILES string of the molecule is CCNC(=NCc1cc(C#N)ccc1F)NC1CCc2cn(C(C)C)nc2C1.I. The first-order chi connectivity index (χ1) is 13.5. The second kappa shape index (κ2) is 10.6. The average molecular weight is 510 g/mol. The largest absolute Gasteiger partial charge is 0.357 e. The lowest BCUT2D eigenvalue weighted by Gasteiger charge is -2.24. The van der Waals surface area contributed by atoms with Crippen LogP contribution in [-0.2, 0) is 19.4 Å². The summed E-state index contributed by atoms with van der Waals surface area (Å²) in [6.07, 6.45) is 4.98. The van der Waals surface area contributed by atoms with Crippen molar-refractivity contribution in [2.24, 2.45) is 4.99 Å². The summed E-state index contributed by atoms with van der Waals surface area (Å²) in [7, 11) is 0. The zero-order valence-corrected chi connectivity index (χ0v) is 19.4. The number of aliphatic imine (C=N–C) groups is 1. The number of halogens is 2. The highest BCUT2D eigenvalue weighted by atomic mass is 127. The molecule has 0 spiro atoms. The monoisotopic (exact) mass is 510 g/mol. The molecule has 0 fully saturated rings. The number of guanidine groups is 1. The molecule has 2 N–H and O–H groups in total. The summed E-state index contributed by atoms with van der Waals surface area (Å²) in [4.78, 5) is 4.52. The number of benzene rings is 1. The van der Waals surface area contributed by atoms with E-state index in [2.05, 4.69) is 35.7 Å². The molecule has 1 atom stereocenters. The van der Waals surface area contributed by atoms with Gasteiger partial charge in [0.2, 0.25) is 0 Å². The van der Waals surface area contributed by atoms with Gasteiger partial charge in [0.15, 0.2) is 5.96 Å². The van der Waals surface area contributed by atoms with Crippen molar-refractivity contribution in [2.75, 3.05) is 6.54 Å². The van der Waals surface area contributed by atoms with Crippen molar-refractivity contribution in [1.29, 1.82) is 5.26 Å². The number of rotatable bonds is 5. The fourth-order valence-electron chi connectivity index (χ4n) is 3.34. The molecule has 0 bridgehead atoms. The minimum Gasteiger partial charge on any atom is -0.357 e. The molecule has 1 aliphatic rings. The number of aryl methyl sites for hydroxylation is 1. The second-order valence-electron chi connectivity index (χ2n) is 7.37. The highest BCUT2D eigenvalue weighted by Gasteiger charge is 2.23. The second-order valence-corrected chi connectivity index (χ2v) is 7.37. The lowest BCUT2D eigenvalue weighted by Crippen LogP contribution is -2.45. The fraction of sp³-hybridized carbons (Fsp3) is 0.476. The van der Waals surface area contributed by atoms with Crippen LogP contribution in [0.15, 0.2) is 29.4 Å². The van der Waals surface area contributed by atoms with Crippen molar-refractivity contribution < 1.29 is 4.39 Å². The van der Waals surface area contributed by atoms with Crippen LogP contribution in [-0.4, -0.2) is 28.3 Å². The Bertz CT molecular complexity index is 899. The van der Waals surface area contributed by atoms with Crippen molar-refractivity contribution in [3.8, 4) is 6.07 Å². The predicted octanol–water partition coefficient (Wildman–Crippen LogP) is 3.71. The van der Waals surface area contributed by atoms with E-state index in [4.69, 9.17) is 10.4 Å². The quantitative estimate of drug-likeness (QED) is 0.366. The van der Waals surface area contributed by atoms with Crippen LogP contribution >= 0.6 is 24.0 Å². The molecule has 0 amide bonds. The zero-order valence-electron chi connectivity index (χ0n) is 17.1. The molecule has 0 saturated heterocycles. The van der Waals surface area contributed by atoms with Gasteiger partial charge in [0.1, 0.15) is 5.82 Å². The Morgan fingerprint density at radius 2 is 2.24 bits per heavy atom. The molecule has 6 nitrogen and oxygen atoms in total. The first-order valence-electron chi connectivity index (χ1n) is 9.80. The zero-order chi connectivity index (χ0) is 20.1. The van der Waals surface area contributed by atoms with E-state index in [9.17, 15) is 4.39 Å². The lowest BCUT2D eigenvalue weighted by molar-refractivity contribution is 0.499. The van der Waals surface area contributed by atoms with Gasteiger partial charge in [-0.25, -0.2) is 9.38 Å². The Labute approximate surface area is 188 Å². The molecule has 0 aliphatic heterocycles. The molecular formula is C21H28FIN6. The number of hydrogen-bond acceptors (Lipinski definition) is 3. The smallest absolute Gasteiger partial charge is 0.191 e. The molecule has 0 saturated carbocycles. The maximum Gasteiger partial charge on any atom is 0.191 e. The number of nitriles is 1. The normalized spacial score (nSPS) is 16.0. The molecule has 0 radical (unpaired) electrons. The van der Waals surface area contributed by atoms with Gasteiger partial charge in [0.05, 0.1) is 23.9 Å². The number of aromatic nitrogens is 2. The highest BCUT2D eigenvalue weighted by Crippen LogP contribution is 2.21. The van der Waals surface area contributed by atoms with Crippen LogP contribution in [0.2, 0.25) is 0 Å². The Balaban J connectivity index is 0.00000300. The molecule has 1 heterocycles. The fourth-order valence-corrected chi connectivity index (χ4v) is 3.34. The van der Waals surface area contributed by atoms with Crippen LogP contribution in [0.1, 0.15) is 55.6 Å². The highest BCUT2D eigenvalue weighted by molar-refractivity contribution is 14.0. The molecule has 1 aromatic carbocycles.